The Morgan fingerprint density at radius 1 is 0.962 bits per heavy atom. The van der Waals surface area contributed by atoms with Crippen molar-refractivity contribution >= 4 is 39.8 Å². The number of nitrogens with one attached hydrogen (secondary N) is 2. The molecule has 0 unspecified atom stereocenters. The van der Waals surface area contributed by atoms with Crippen LogP contribution in [0, 0.1) is 0 Å². The molecule has 0 saturated carbocycles. The van der Waals surface area contributed by atoms with Gasteiger partial charge < -0.3 is 10.6 Å². The van der Waals surface area contributed by atoms with Gasteiger partial charge >= 0.3 is 0 Å². The summed E-state index contributed by atoms with van der Waals surface area (Å²) >= 11 is 3.41. The highest BCUT2D eigenvalue weighted by Gasteiger charge is 2.36. The van der Waals surface area contributed by atoms with E-state index in [4.69, 9.17) is 0 Å². The van der Waals surface area contributed by atoms with Crippen LogP contribution >= 0.6 is 22.7 Å². The molecule has 3 nitrogen and oxygen atoms in total. The maximum absolute atomic E-state index is 13.2. The van der Waals surface area contributed by atoms with E-state index in [0.29, 0.717) is 6.42 Å². The summed E-state index contributed by atoms with van der Waals surface area (Å²) in [5.74, 6) is 0.510. The van der Waals surface area contributed by atoms with Crippen LogP contribution in [0.15, 0.2) is 69.9 Å². The first-order chi connectivity index (χ1) is 12.8. The molecule has 0 fully saturated rings. The summed E-state index contributed by atoms with van der Waals surface area (Å²) in [5.41, 5.74) is 5.19. The molecule has 2 atom stereocenters. The van der Waals surface area contributed by atoms with Crippen molar-refractivity contribution < 1.29 is 4.79 Å². The normalized spacial score (nSPS) is 22.1. The van der Waals surface area contributed by atoms with Crippen LogP contribution in [0.3, 0.4) is 0 Å². The standard InChI is InChI=1S/C21H18N2OS2/c24-18-11-14(19-6-3-8-26-19)10-17-20(18)21(13-7-9-25-12-13)23-16-5-2-1-4-15(16)22-17/h1-9,12,14,21-23H,10-11H2/t14-,21-/m0/s1. The van der Waals surface area contributed by atoms with Crippen LogP contribution in [0.25, 0.3) is 0 Å². The summed E-state index contributed by atoms with van der Waals surface area (Å²) in [6.45, 7) is 0. The van der Waals surface area contributed by atoms with Crippen molar-refractivity contribution in [1.29, 1.82) is 0 Å². The number of para-hydroxylation sites is 2. The van der Waals surface area contributed by atoms with Gasteiger partial charge in [0.25, 0.3) is 0 Å². The zero-order valence-electron chi connectivity index (χ0n) is 14.1. The maximum atomic E-state index is 13.2. The molecule has 2 aromatic heterocycles. The number of carbonyl (C=O) groups excluding carboxylic acids is 1. The quantitative estimate of drug-likeness (QED) is 0.593. The first-order valence-electron chi connectivity index (χ1n) is 8.74. The third kappa shape index (κ3) is 2.68. The molecule has 1 aliphatic carbocycles. The minimum absolute atomic E-state index is 0.0933. The Labute approximate surface area is 160 Å². The van der Waals surface area contributed by atoms with Crippen molar-refractivity contribution in [3.05, 3.63) is 80.3 Å². The molecule has 2 N–H and O–H groups in total. The second-order valence-electron chi connectivity index (χ2n) is 6.74. The summed E-state index contributed by atoms with van der Waals surface area (Å²) in [6, 6.07) is 14.4. The highest BCUT2D eigenvalue weighted by Crippen LogP contribution is 2.45. The summed E-state index contributed by atoms with van der Waals surface area (Å²) < 4.78 is 0. The summed E-state index contributed by atoms with van der Waals surface area (Å²) in [5, 5.41) is 13.5. The van der Waals surface area contributed by atoms with Gasteiger partial charge in [0.2, 0.25) is 0 Å². The van der Waals surface area contributed by atoms with Crippen molar-refractivity contribution in [1.82, 2.24) is 0 Å². The molecular formula is C21H18N2OS2. The van der Waals surface area contributed by atoms with Crippen LogP contribution < -0.4 is 10.6 Å². The predicted octanol–water partition coefficient (Wildman–Crippen LogP) is 5.79. The summed E-state index contributed by atoms with van der Waals surface area (Å²) in [4.78, 5) is 14.5. The van der Waals surface area contributed by atoms with E-state index in [9.17, 15) is 4.79 Å². The molecule has 3 heterocycles. The van der Waals surface area contributed by atoms with Gasteiger partial charge in [0.05, 0.1) is 17.4 Å². The topological polar surface area (TPSA) is 41.1 Å². The van der Waals surface area contributed by atoms with E-state index in [1.54, 1.807) is 22.7 Å². The van der Waals surface area contributed by atoms with E-state index in [1.165, 1.54) is 4.88 Å². The average molecular weight is 379 g/mol. The number of anilines is 2. The lowest BCUT2D eigenvalue weighted by Crippen LogP contribution is -2.26. The van der Waals surface area contributed by atoms with Crippen LogP contribution in [0.5, 0.6) is 0 Å². The van der Waals surface area contributed by atoms with Gasteiger partial charge in [0.1, 0.15) is 0 Å². The van der Waals surface area contributed by atoms with E-state index in [-0.39, 0.29) is 17.7 Å². The zero-order chi connectivity index (χ0) is 17.5. The monoisotopic (exact) mass is 378 g/mol. The third-order valence-electron chi connectivity index (χ3n) is 5.13. The van der Waals surface area contributed by atoms with Gasteiger partial charge in [-0.2, -0.15) is 11.3 Å². The minimum atomic E-state index is -0.0933. The van der Waals surface area contributed by atoms with Crippen LogP contribution in [0.2, 0.25) is 0 Å². The minimum Gasteiger partial charge on any atom is -0.372 e. The number of fused-ring (bicyclic) bond motifs is 1. The van der Waals surface area contributed by atoms with Crippen LogP contribution in [0.4, 0.5) is 11.4 Å². The number of carbonyl (C=O) groups is 1. The lowest BCUT2D eigenvalue weighted by molar-refractivity contribution is -0.116. The Kier molecular flexibility index (Phi) is 3.91. The van der Waals surface area contributed by atoms with Crippen LogP contribution in [0.1, 0.15) is 35.2 Å². The second kappa shape index (κ2) is 6.41. The molecule has 0 amide bonds. The number of benzene rings is 1. The van der Waals surface area contributed by atoms with Crippen molar-refractivity contribution in [3.63, 3.8) is 0 Å². The molecule has 0 saturated heterocycles. The van der Waals surface area contributed by atoms with Gasteiger partial charge in [-0.3, -0.25) is 4.79 Å². The fraction of sp³-hybridized carbons (Fsp3) is 0.190. The lowest BCUT2D eigenvalue weighted by atomic mass is 9.81. The number of Topliss-reactive ketones (excluding diaryl/α,β-unsaturated/α-hetero) is 1. The molecule has 1 aromatic carbocycles. The Bertz CT molecular complexity index is 973. The largest absolute Gasteiger partial charge is 0.372 e. The van der Waals surface area contributed by atoms with Crippen molar-refractivity contribution in [2.24, 2.45) is 0 Å². The fourth-order valence-corrected chi connectivity index (χ4v) is 5.42. The Morgan fingerprint density at radius 3 is 2.62 bits per heavy atom. The van der Waals surface area contributed by atoms with Gasteiger partial charge in [-0.25, -0.2) is 0 Å². The van der Waals surface area contributed by atoms with Crippen molar-refractivity contribution in [2.45, 2.75) is 24.8 Å². The molecule has 5 rings (SSSR count). The molecular weight excluding hydrogens is 360 g/mol. The van der Waals surface area contributed by atoms with E-state index in [0.717, 1.165) is 34.6 Å². The van der Waals surface area contributed by atoms with E-state index in [2.05, 4.69) is 57.1 Å². The van der Waals surface area contributed by atoms with Crippen LogP contribution in [-0.4, -0.2) is 5.78 Å². The van der Waals surface area contributed by atoms with Gasteiger partial charge in [-0.05, 0) is 52.4 Å². The Morgan fingerprint density at radius 2 is 1.85 bits per heavy atom. The summed E-state index contributed by atoms with van der Waals surface area (Å²) in [6.07, 6.45) is 1.46. The molecule has 130 valence electrons. The van der Waals surface area contributed by atoms with E-state index < -0.39 is 0 Å². The molecule has 0 bridgehead atoms. The van der Waals surface area contributed by atoms with Crippen molar-refractivity contribution in [3.8, 4) is 0 Å². The number of allylic oxidation sites excluding steroid dienone is 1. The molecule has 3 aromatic rings. The maximum Gasteiger partial charge on any atom is 0.163 e. The molecule has 0 spiro atoms. The first-order valence-corrected chi connectivity index (χ1v) is 10.6. The third-order valence-corrected chi connectivity index (χ3v) is 6.87. The first kappa shape index (κ1) is 15.9. The molecule has 26 heavy (non-hydrogen) atoms. The molecule has 1 aliphatic heterocycles. The predicted molar refractivity (Wildman–Crippen MR) is 109 cm³/mol. The number of hydrogen-bond acceptors (Lipinski definition) is 5. The highest BCUT2D eigenvalue weighted by atomic mass is 32.1. The lowest BCUT2D eigenvalue weighted by Gasteiger charge is -2.28. The number of hydrogen-bond donors (Lipinski definition) is 2. The van der Waals surface area contributed by atoms with Crippen LogP contribution in [-0.2, 0) is 4.79 Å². The van der Waals surface area contributed by atoms with Gasteiger partial charge in [0.15, 0.2) is 5.78 Å². The zero-order valence-corrected chi connectivity index (χ0v) is 15.7. The van der Waals surface area contributed by atoms with Gasteiger partial charge in [-0.15, -0.1) is 11.3 Å². The van der Waals surface area contributed by atoms with Gasteiger partial charge in [-0.1, -0.05) is 18.2 Å². The Hall–Kier alpha value is -2.37. The van der Waals surface area contributed by atoms with Crippen molar-refractivity contribution in [2.75, 3.05) is 10.6 Å². The number of thiophene rings is 2. The number of ketones is 1. The second-order valence-corrected chi connectivity index (χ2v) is 8.50. The average Bonchev–Trinajstić information content (AvgIpc) is 3.33. The molecule has 5 heteroatoms. The highest BCUT2D eigenvalue weighted by molar-refractivity contribution is 7.10. The molecule has 0 radical (unpaired) electrons. The van der Waals surface area contributed by atoms with E-state index in [1.807, 2.05) is 12.1 Å². The fourth-order valence-electron chi connectivity index (χ4n) is 3.91. The SMILES string of the molecule is O=C1C[C@@H](c2cccs2)CC2=C1[C@H](c1ccsc1)Nc1ccccc1N2. The van der Waals surface area contributed by atoms with Gasteiger partial charge in [0, 0.05) is 28.5 Å². The smallest absolute Gasteiger partial charge is 0.163 e. The van der Waals surface area contributed by atoms with E-state index >= 15 is 0 Å². The summed E-state index contributed by atoms with van der Waals surface area (Å²) in [7, 11) is 0. The molecule has 2 aliphatic rings. The Balaban J connectivity index is 1.62. The number of rotatable bonds is 2.